The Morgan fingerprint density at radius 3 is 2.55 bits per heavy atom. The molecule has 2 aliphatic rings. The summed E-state index contributed by atoms with van der Waals surface area (Å²) in [7, 11) is 0. The van der Waals surface area contributed by atoms with Crippen LogP contribution in [0, 0.1) is 0 Å². The van der Waals surface area contributed by atoms with Gasteiger partial charge < -0.3 is 14.7 Å². The quantitative estimate of drug-likeness (QED) is 0.385. The van der Waals surface area contributed by atoms with Crippen LogP contribution >= 0.6 is 0 Å². The fourth-order valence-electron chi connectivity index (χ4n) is 5.50. The summed E-state index contributed by atoms with van der Waals surface area (Å²) in [4.78, 5) is 19.4. The number of aliphatic hydroxyl groups is 1. The molecule has 0 bridgehead atoms. The number of β-amino-alcohol motifs (C(OH)–C–C–N with tert-alkyl or cyclic N) is 1. The number of ether oxygens (including phenoxy) is 1. The number of hydrogen-bond acceptors (Lipinski definition) is 5. The summed E-state index contributed by atoms with van der Waals surface area (Å²) >= 11 is 0. The van der Waals surface area contributed by atoms with Gasteiger partial charge in [0.05, 0.1) is 13.2 Å². The van der Waals surface area contributed by atoms with Crippen LogP contribution in [-0.4, -0.2) is 50.4 Å². The van der Waals surface area contributed by atoms with E-state index < -0.39 is 0 Å². The Labute approximate surface area is 222 Å². The molecule has 1 amide bonds. The fourth-order valence-corrected chi connectivity index (χ4v) is 5.50. The number of nitrogens with zero attached hydrogens (tertiary/aromatic N) is 4. The minimum Gasteiger partial charge on any atom is -0.485 e. The lowest BCUT2D eigenvalue weighted by Gasteiger charge is -2.28. The first kappa shape index (κ1) is 24.4. The van der Waals surface area contributed by atoms with Crippen LogP contribution in [0.15, 0.2) is 67.0 Å². The van der Waals surface area contributed by atoms with Gasteiger partial charge in [0.15, 0.2) is 0 Å². The molecule has 0 fully saturated rings. The first-order chi connectivity index (χ1) is 18.5. The Morgan fingerprint density at radius 1 is 1.03 bits per heavy atom. The van der Waals surface area contributed by atoms with Crippen LogP contribution in [0.3, 0.4) is 0 Å². The number of aryl methyl sites for hydroxylation is 1. The Balaban J connectivity index is 1.37. The van der Waals surface area contributed by atoms with Crippen molar-refractivity contribution in [2.45, 2.75) is 45.3 Å². The van der Waals surface area contributed by atoms with E-state index in [1.807, 2.05) is 28.9 Å². The Bertz CT molecular complexity index is 1460. The molecular weight excluding hydrogens is 476 g/mol. The molecule has 38 heavy (non-hydrogen) atoms. The summed E-state index contributed by atoms with van der Waals surface area (Å²) in [6.45, 7) is 5.77. The van der Waals surface area contributed by atoms with Crippen LogP contribution in [0.5, 0.6) is 5.75 Å². The van der Waals surface area contributed by atoms with Gasteiger partial charge in [-0.25, -0.2) is 0 Å². The van der Waals surface area contributed by atoms with Crippen molar-refractivity contribution in [1.82, 2.24) is 19.7 Å². The molecule has 2 aromatic heterocycles. The average molecular weight is 509 g/mol. The normalized spacial score (nSPS) is 16.8. The van der Waals surface area contributed by atoms with Crippen molar-refractivity contribution in [1.29, 1.82) is 0 Å². The SMILES string of the molecule is CC(C)c1ccc(C2CCc3cc(-c4c(-c5ccncc5)nn5c4C(=O)N(CCO)CC5)ccc3O2)cc1. The van der Waals surface area contributed by atoms with Gasteiger partial charge in [0.1, 0.15) is 23.2 Å². The molecule has 4 heterocycles. The van der Waals surface area contributed by atoms with Gasteiger partial charge in [0, 0.05) is 36.6 Å². The predicted octanol–water partition coefficient (Wildman–Crippen LogP) is 5.25. The fraction of sp³-hybridized carbons (Fsp3) is 0.323. The summed E-state index contributed by atoms with van der Waals surface area (Å²) in [6.07, 6.45) is 5.29. The standard InChI is InChI=1S/C31H32N4O3/c1-20(2)21-3-5-22(6-4-21)26-9-7-24-19-25(8-10-27(24)38-26)28-29(23-11-13-32-14-12-23)33-35-16-15-34(17-18-36)31(37)30(28)35/h3-6,8,10-14,19-20,26,36H,7,9,15-18H2,1-2H3. The average Bonchev–Trinajstić information content (AvgIpc) is 3.35. The monoisotopic (exact) mass is 508 g/mol. The summed E-state index contributed by atoms with van der Waals surface area (Å²) in [5.41, 5.74) is 7.67. The van der Waals surface area contributed by atoms with E-state index in [9.17, 15) is 9.90 Å². The third-order valence-electron chi connectivity index (χ3n) is 7.62. The zero-order chi connectivity index (χ0) is 26.2. The maximum Gasteiger partial charge on any atom is 0.272 e. The van der Waals surface area contributed by atoms with Crippen molar-refractivity contribution < 1.29 is 14.6 Å². The highest BCUT2D eigenvalue weighted by Crippen LogP contribution is 2.41. The second kappa shape index (κ2) is 10.1. The number of aromatic nitrogens is 3. The molecule has 1 N–H and O–H groups in total. The van der Waals surface area contributed by atoms with Crippen LogP contribution in [0.2, 0.25) is 0 Å². The molecule has 1 atom stereocenters. The van der Waals surface area contributed by atoms with Crippen LogP contribution in [0.1, 0.15) is 59.5 Å². The summed E-state index contributed by atoms with van der Waals surface area (Å²) < 4.78 is 8.27. The smallest absolute Gasteiger partial charge is 0.272 e. The molecule has 2 aliphatic heterocycles. The lowest BCUT2D eigenvalue weighted by molar-refractivity contribution is 0.0662. The van der Waals surface area contributed by atoms with E-state index in [2.05, 4.69) is 49.2 Å². The first-order valence-corrected chi connectivity index (χ1v) is 13.3. The lowest BCUT2D eigenvalue weighted by Crippen LogP contribution is -2.42. The van der Waals surface area contributed by atoms with E-state index in [1.54, 1.807) is 17.3 Å². The van der Waals surface area contributed by atoms with Crippen LogP contribution < -0.4 is 4.74 Å². The number of amides is 1. The van der Waals surface area contributed by atoms with Crippen molar-refractivity contribution in [3.63, 3.8) is 0 Å². The third kappa shape index (κ3) is 4.37. The molecule has 0 spiro atoms. The molecule has 2 aromatic carbocycles. The van der Waals surface area contributed by atoms with E-state index in [4.69, 9.17) is 9.84 Å². The minimum absolute atomic E-state index is 0.0273. The van der Waals surface area contributed by atoms with Crippen molar-refractivity contribution in [3.8, 4) is 28.1 Å². The highest BCUT2D eigenvalue weighted by atomic mass is 16.5. The largest absolute Gasteiger partial charge is 0.485 e. The highest BCUT2D eigenvalue weighted by Gasteiger charge is 2.33. The molecule has 1 unspecified atom stereocenters. The zero-order valence-corrected chi connectivity index (χ0v) is 21.8. The number of benzene rings is 2. The molecule has 6 rings (SSSR count). The molecule has 194 valence electrons. The number of carbonyl (C=O) groups is 1. The van der Waals surface area contributed by atoms with Gasteiger partial charge in [-0.3, -0.25) is 14.5 Å². The van der Waals surface area contributed by atoms with Crippen molar-refractivity contribution >= 4 is 5.91 Å². The van der Waals surface area contributed by atoms with Gasteiger partial charge in [-0.2, -0.15) is 5.10 Å². The van der Waals surface area contributed by atoms with Crippen molar-refractivity contribution in [3.05, 3.63) is 89.4 Å². The van der Waals surface area contributed by atoms with E-state index in [1.165, 1.54) is 11.1 Å². The predicted molar refractivity (Wildman–Crippen MR) is 146 cm³/mol. The molecule has 0 saturated carbocycles. The summed E-state index contributed by atoms with van der Waals surface area (Å²) in [5, 5.41) is 14.4. The molecule has 0 radical (unpaired) electrons. The van der Waals surface area contributed by atoms with E-state index >= 15 is 0 Å². The van der Waals surface area contributed by atoms with Gasteiger partial charge in [-0.1, -0.05) is 44.2 Å². The second-order valence-electron chi connectivity index (χ2n) is 10.3. The Morgan fingerprint density at radius 2 is 1.82 bits per heavy atom. The van der Waals surface area contributed by atoms with Gasteiger partial charge in [-0.05, 0) is 65.3 Å². The maximum atomic E-state index is 13.5. The molecule has 0 saturated heterocycles. The maximum absolute atomic E-state index is 13.5. The number of fused-ring (bicyclic) bond motifs is 2. The Hall–Kier alpha value is -3.97. The Kier molecular flexibility index (Phi) is 6.45. The van der Waals surface area contributed by atoms with Crippen molar-refractivity contribution in [2.75, 3.05) is 19.7 Å². The molecule has 0 aliphatic carbocycles. The molecular formula is C31H32N4O3. The van der Waals surface area contributed by atoms with Gasteiger partial charge >= 0.3 is 0 Å². The second-order valence-corrected chi connectivity index (χ2v) is 10.3. The number of carbonyl (C=O) groups excluding carboxylic acids is 1. The van der Waals surface area contributed by atoms with Crippen LogP contribution in [0.25, 0.3) is 22.4 Å². The summed E-state index contributed by atoms with van der Waals surface area (Å²) in [5.74, 6) is 1.29. The number of pyridine rings is 1. The minimum atomic E-state index is -0.105. The topological polar surface area (TPSA) is 80.5 Å². The lowest BCUT2D eigenvalue weighted by atomic mass is 9.92. The summed E-state index contributed by atoms with van der Waals surface area (Å²) in [6, 6.07) is 18.8. The number of hydrogen-bond donors (Lipinski definition) is 1. The third-order valence-corrected chi connectivity index (χ3v) is 7.62. The van der Waals surface area contributed by atoms with Crippen LogP contribution in [0.4, 0.5) is 0 Å². The molecule has 7 heteroatoms. The van der Waals surface area contributed by atoms with Crippen molar-refractivity contribution in [2.24, 2.45) is 0 Å². The molecule has 4 aromatic rings. The highest BCUT2D eigenvalue weighted by molar-refractivity contribution is 6.03. The van der Waals surface area contributed by atoms with E-state index in [-0.39, 0.29) is 18.6 Å². The van der Waals surface area contributed by atoms with Crippen LogP contribution in [-0.2, 0) is 13.0 Å². The zero-order valence-electron chi connectivity index (χ0n) is 21.8. The van der Waals surface area contributed by atoms with Gasteiger partial charge in [0.25, 0.3) is 5.91 Å². The van der Waals surface area contributed by atoms with E-state index in [0.717, 1.165) is 46.5 Å². The van der Waals surface area contributed by atoms with Gasteiger partial charge in [-0.15, -0.1) is 0 Å². The van der Waals surface area contributed by atoms with Gasteiger partial charge in [0.2, 0.25) is 0 Å². The number of aliphatic hydroxyl groups excluding tert-OH is 1. The molecule has 7 nitrogen and oxygen atoms in total. The van der Waals surface area contributed by atoms with E-state index in [0.29, 0.717) is 31.2 Å². The first-order valence-electron chi connectivity index (χ1n) is 13.3. The number of rotatable bonds is 6.